The van der Waals surface area contributed by atoms with Crippen molar-refractivity contribution in [1.29, 1.82) is 0 Å². The van der Waals surface area contributed by atoms with Crippen molar-refractivity contribution in [2.24, 2.45) is 0 Å². The van der Waals surface area contributed by atoms with E-state index in [0.717, 1.165) is 6.20 Å². The lowest BCUT2D eigenvalue weighted by molar-refractivity contribution is -0.163. The van der Waals surface area contributed by atoms with E-state index in [1.165, 1.54) is 23.0 Å². The quantitative estimate of drug-likeness (QED) is 0.739. The lowest BCUT2D eigenvalue weighted by Crippen LogP contribution is -2.38. The molecule has 7 nitrogen and oxygen atoms in total. The minimum Gasteiger partial charge on any atom is -0.340 e. The fraction of sp³-hybridized carbons (Fsp3) is 0.235. The van der Waals surface area contributed by atoms with E-state index in [2.05, 4.69) is 20.5 Å². The summed E-state index contributed by atoms with van der Waals surface area (Å²) >= 11 is 0. The van der Waals surface area contributed by atoms with Crippen LogP contribution in [0.5, 0.6) is 0 Å². The Bertz CT molecular complexity index is 908. The Labute approximate surface area is 152 Å². The second kappa shape index (κ2) is 7.52. The Morgan fingerprint density at radius 1 is 1.22 bits per heavy atom. The molecule has 2 aromatic heterocycles. The van der Waals surface area contributed by atoms with Gasteiger partial charge in [0.05, 0.1) is 12.1 Å². The van der Waals surface area contributed by atoms with Crippen LogP contribution in [0.25, 0.3) is 5.69 Å². The number of aromatic nitrogens is 5. The van der Waals surface area contributed by atoms with Crippen molar-refractivity contribution in [3.8, 4) is 5.69 Å². The molecule has 1 atom stereocenters. The zero-order chi connectivity index (χ0) is 19.4. The van der Waals surface area contributed by atoms with E-state index in [9.17, 15) is 18.0 Å². The number of tetrazole rings is 1. The first kappa shape index (κ1) is 18.5. The molecule has 0 aliphatic carbocycles. The monoisotopic (exact) mass is 376 g/mol. The standard InChI is InChI=1S/C17H15F3N6O/c1-11-23-24-25-26(11)14-6-4-12(5-7-14)9-15(27)22-16(17(18,19)20)13-3-2-8-21-10-13/h2-8,10,16H,9H2,1H3,(H,22,27)/t16-/m0/s1. The smallest absolute Gasteiger partial charge is 0.340 e. The summed E-state index contributed by atoms with van der Waals surface area (Å²) in [4.78, 5) is 15.8. The van der Waals surface area contributed by atoms with Gasteiger partial charge in [-0.1, -0.05) is 18.2 Å². The van der Waals surface area contributed by atoms with Gasteiger partial charge in [0.15, 0.2) is 11.9 Å². The van der Waals surface area contributed by atoms with Crippen molar-refractivity contribution in [3.05, 3.63) is 65.7 Å². The third kappa shape index (κ3) is 4.46. The third-order valence-electron chi connectivity index (χ3n) is 3.82. The van der Waals surface area contributed by atoms with Crippen LogP contribution in [0, 0.1) is 6.92 Å². The highest BCUT2D eigenvalue weighted by Gasteiger charge is 2.41. The van der Waals surface area contributed by atoms with E-state index < -0.39 is 18.1 Å². The predicted octanol–water partition coefficient (Wildman–Crippen LogP) is 2.33. The maximum Gasteiger partial charge on any atom is 0.412 e. The zero-order valence-corrected chi connectivity index (χ0v) is 14.2. The van der Waals surface area contributed by atoms with E-state index in [0.29, 0.717) is 17.1 Å². The maximum atomic E-state index is 13.3. The number of carbonyl (C=O) groups excluding carboxylic acids is 1. The number of rotatable bonds is 5. The Hall–Kier alpha value is -3.30. The molecule has 0 unspecified atom stereocenters. The molecule has 3 rings (SSSR count). The number of nitrogens with zero attached hydrogens (tertiary/aromatic N) is 5. The molecule has 0 aliphatic rings. The van der Waals surface area contributed by atoms with Crippen molar-refractivity contribution >= 4 is 5.91 Å². The van der Waals surface area contributed by atoms with E-state index >= 15 is 0 Å². The summed E-state index contributed by atoms with van der Waals surface area (Å²) in [7, 11) is 0. The Balaban J connectivity index is 1.70. The van der Waals surface area contributed by atoms with Crippen LogP contribution in [0.2, 0.25) is 0 Å². The largest absolute Gasteiger partial charge is 0.412 e. The summed E-state index contributed by atoms with van der Waals surface area (Å²) < 4.78 is 41.4. The molecule has 0 saturated carbocycles. The molecule has 1 amide bonds. The molecule has 0 radical (unpaired) electrons. The molecule has 0 bridgehead atoms. The molecule has 1 aromatic carbocycles. The Morgan fingerprint density at radius 3 is 2.52 bits per heavy atom. The Morgan fingerprint density at radius 2 is 1.96 bits per heavy atom. The fourth-order valence-electron chi connectivity index (χ4n) is 2.52. The van der Waals surface area contributed by atoms with Crippen LogP contribution >= 0.6 is 0 Å². The van der Waals surface area contributed by atoms with E-state index in [1.54, 1.807) is 31.2 Å². The average molecular weight is 376 g/mol. The normalized spacial score (nSPS) is 12.6. The Kier molecular flexibility index (Phi) is 5.15. The number of nitrogens with one attached hydrogen (secondary N) is 1. The number of pyridine rings is 1. The number of aryl methyl sites for hydroxylation is 1. The second-order valence-electron chi connectivity index (χ2n) is 5.81. The van der Waals surface area contributed by atoms with E-state index in [4.69, 9.17) is 0 Å². The lowest BCUT2D eigenvalue weighted by atomic mass is 10.1. The van der Waals surface area contributed by atoms with Gasteiger partial charge in [-0.05, 0) is 41.1 Å². The number of hydrogen-bond acceptors (Lipinski definition) is 5. The zero-order valence-electron chi connectivity index (χ0n) is 14.2. The molecular formula is C17H15F3N6O. The van der Waals surface area contributed by atoms with Crippen LogP contribution in [0.3, 0.4) is 0 Å². The third-order valence-corrected chi connectivity index (χ3v) is 3.82. The molecule has 0 aliphatic heterocycles. The van der Waals surface area contributed by atoms with Crippen LogP contribution in [0.4, 0.5) is 13.2 Å². The molecule has 0 spiro atoms. The lowest BCUT2D eigenvalue weighted by Gasteiger charge is -2.21. The SMILES string of the molecule is Cc1nnnn1-c1ccc(CC(=O)N[C@@H](c2cccnc2)C(F)(F)F)cc1. The van der Waals surface area contributed by atoms with Crippen molar-refractivity contribution in [1.82, 2.24) is 30.5 Å². The highest BCUT2D eigenvalue weighted by molar-refractivity contribution is 5.79. The topological polar surface area (TPSA) is 85.6 Å². The summed E-state index contributed by atoms with van der Waals surface area (Å²) in [6.07, 6.45) is -2.36. The summed E-state index contributed by atoms with van der Waals surface area (Å²) in [5.74, 6) is -0.155. The number of carbonyl (C=O) groups is 1. The molecule has 3 aromatic rings. The fourth-order valence-corrected chi connectivity index (χ4v) is 2.52. The van der Waals surface area contributed by atoms with Crippen LogP contribution in [-0.2, 0) is 11.2 Å². The highest BCUT2D eigenvalue weighted by Crippen LogP contribution is 2.32. The highest BCUT2D eigenvalue weighted by atomic mass is 19.4. The van der Waals surface area contributed by atoms with Crippen molar-refractivity contribution < 1.29 is 18.0 Å². The molecular weight excluding hydrogens is 361 g/mol. The molecule has 0 fully saturated rings. The summed E-state index contributed by atoms with van der Waals surface area (Å²) in [6.45, 7) is 1.73. The van der Waals surface area contributed by atoms with Gasteiger partial charge in [-0.3, -0.25) is 9.78 Å². The minimum atomic E-state index is -4.62. The van der Waals surface area contributed by atoms with Crippen molar-refractivity contribution in [2.45, 2.75) is 25.6 Å². The summed E-state index contributed by atoms with van der Waals surface area (Å²) in [6, 6.07) is 7.21. The van der Waals surface area contributed by atoms with E-state index in [1.807, 2.05) is 5.32 Å². The van der Waals surface area contributed by atoms with Gasteiger partial charge in [-0.25, -0.2) is 0 Å². The van der Waals surface area contributed by atoms with Crippen LogP contribution in [-0.4, -0.2) is 37.3 Å². The number of halogens is 3. The average Bonchev–Trinajstić information content (AvgIpc) is 3.06. The van der Waals surface area contributed by atoms with Gasteiger partial charge in [0.25, 0.3) is 0 Å². The van der Waals surface area contributed by atoms with Gasteiger partial charge in [0.2, 0.25) is 5.91 Å². The van der Waals surface area contributed by atoms with Gasteiger partial charge >= 0.3 is 6.18 Å². The number of hydrogen-bond donors (Lipinski definition) is 1. The van der Waals surface area contributed by atoms with E-state index in [-0.39, 0.29) is 12.0 Å². The molecule has 10 heteroatoms. The van der Waals surface area contributed by atoms with Gasteiger partial charge in [0, 0.05) is 18.0 Å². The minimum absolute atomic E-state index is 0.122. The molecule has 140 valence electrons. The molecule has 0 saturated heterocycles. The molecule has 27 heavy (non-hydrogen) atoms. The van der Waals surface area contributed by atoms with Gasteiger partial charge in [-0.15, -0.1) is 5.10 Å². The summed E-state index contributed by atoms with van der Waals surface area (Å²) in [5.41, 5.74) is 1.13. The molecule has 1 N–H and O–H groups in total. The predicted molar refractivity (Wildman–Crippen MR) is 88.8 cm³/mol. The number of alkyl halides is 3. The summed E-state index contributed by atoms with van der Waals surface area (Å²) in [5, 5.41) is 13.2. The van der Waals surface area contributed by atoms with Crippen molar-refractivity contribution in [3.63, 3.8) is 0 Å². The first-order chi connectivity index (χ1) is 12.8. The molecule has 2 heterocycles. The van der Waals surface area contributed by atoms with Gasteiger partial charge in [-0.2, -0.15) is 17.9 Å². The first-order valence-electron chi connectivity index (χ1n) is 7.95. The maximum absolute atomic E-state index is 13.3. The van der Waals surface area contributed by atoms with Crippen LogP contribution < -0.4 is 5.32 Å². The number of amides is 1. The second-order valence-corrected chi connectivity index (χ2v) is 5.81. The number of benzene rings is 1. The first-order valence-corrected chi connectivity index (χ1v) is 7.95. The van der Waals surface area contributed by atoms with Crippen LogP contribution in [0.15, 0.2) is 48.8 Å². The van der Waals surface area contributed by atoms with Gasteiger partial charge in [0.1, 0.15) is 0 Å². The van der Waals surface area contributed by atoms with Crippen molar-refractivity contribution in [2.75, 3.05) is 0 Å². The van der Waals surface area contributed by atoms with Gasteiger partial charge < -0.3 is 5.32 Å². The van der Waals surface area contributed by atoms with Crippen LogP contribution in [0.1, 0.15) is 23.0 Å².